The van der Waals surface area contributed by atoms with E-state index in [9.17, 15) is 0 Å². The van der Waals surface area contributed by atoms with Gasteiger partial charge in [0.1, 0.15) is 11.4 Å². The first-order valence-corrected chi connectivity index (χ1v) is 7.05. The molecule has 1 aromatic carbocycles. The van der Waals surface area contributed by atoms with Crippen LogP contribution >= 0.6 is 0 Å². The van der Waals surface area contributed by atoms with E-state index in [-0.39, 0.29) is 0 Å². The van der Waals surface area contributed by atoms with Gasteiger partial charge in [0.25, 0.3) is 0 Å². The van der Waals surface area contributed by atoms with Crippen LogP contribution in [0, 0.1) is 0 Å². The molecule has 0 bridgehead atoms. The first-order valence-electron chi connectivity index (χ1n) is 7.05. The molecule has 2 rings (SSSR count). The predicted octanol–water partition coefficient (Wildman–Crippen LogP) is 2.00. The van der Waals surface area contributed by atoms with Gasteiger partial charge < -0.3 is 10.1 Å². The third-order valence-electron chi connectivity index (χ3n) is 2.97. The van der Waals surface area contributed by atoms with Crippen molar-refractivity contribution in [3.05, 3.63) is 36.0 Å². The molecule has 0 saturated carbocycles. The van der Waals surface area contributed by atoms with Crippen LogP contribution in [0.5, 0.6) is 0 Å². The van der Waals surface area contributed by atoms with Crippen molar-refractivity contribution in [1.29, 1.82) is 0 Å². The lowest BCUT2D eigenvalue weighted by molar-refractivity contribution is 0.144. The van der Waals surface area contributed by atoms with E-state index in [4.69, 9.17) is 4.74 Å². The van der Waals surface area contributed by atoms with Crippen LogP contribution in [-0.2, 0) is 18.3 Å². The Morgan fingerprint density at radius 3 is 2.75 bits per heavy atom. The maximum atomic E-state index is 5.31. The van der Waals surface area contributed by atoms with Crippen molar-refractivity contribution in [2.45, 2.75) is 19.9 Å². The van der Waals surface area contributed by atoms with Crippen molar-refractivity contribution < 1.29 is 4.74 Å². The summed E-state index contributed by atoms with van der Waals surface area (Å²) >= 11 is 0. The van der Waals surface area contributed by atoms with Crippen LogP contribution in [0.15, 0.2) is 30.3 Å². The second-order valence-electron chi connectivity index (χ2n) is 4.58. The highest BCUT2D eigenvalue weighted by Gasteiger charge is 2.10. The predicted molar refractivity (Wildman–Crippen MR) is 79.3 cm³/mol. The highest BCUT2D eigenvalue weighted by molar-refractivity contribution is 5.60. The Morgan fingerprint density at radius 2 is 2.00 bits per heavy atom. The molecule has 5 heteroatoms. The van der Waals surface area contributed by atoms with Crippen LogP contribution in [0.25, 0.3) is 11.3 Å². The number of nitrogens with one attached hydrogen (secondary N) is 1. The van der Waals surface area contributed by atoms with Crippen molar-refractivity contribution in [2.75, 3.05) is 19.8 Å². The lowest BCUT2D eigenvalue weighted by atomic mass is 10.1. The third kappa shape index (κ3) is 4.15. The van der Waals surface area contributed by atoms with Gasteiger partial charge in [0.2, 0.25) is 0 Å². The minimum absolute atomic E-state index is 0.726. The number of aryl methyl sites for hydroxylation is 1. The molecule has 1 aromatic heterocycles. The molecule has 0 radical (unpaired) electrons. The smallest absolute Gasteiger partial charge is 0.117 e. The summed E-state index contributed by atoms with van der Waals surface area (Å²) < 4.78 is 5.31. The van der Waals surface area contributed by atoms with Gasteiger partial charge in [-0.15, -0.1) is 0 Å². The highest BCUT2D eigenvalue weighted by atomic mass is 16.5. The molecule has 2 aromatic rings. The molecule has 0 amide bonds. The van der Waals surface area contributed by atoms with E-state index in [1.54, 1.807) is 4.80 Å². The van der Waals surface area contributed by atoms with Crippen molar-refractivity contribution in [2.24, 2.45) is 7.05 Å². The summed E-state index contributed by atoms with van der Waals surface area (Å²) in [7, 11) is 1.85. The zero-order valence-electron chi connectivity index (χ0n) is 12.2. The van der Waals surface area contributed by atoms with Gasteiger partial charge >= 0.3 is 0 Å². The molecule has 0 fully saturated rings. The number of rotatable bonds is 8. The zero-order chi connectivity index (χ0) is 14.2. The molecule has 0 aliphatic rings. The van der Waals surface area contributed by atoms with E-state index in [2.05, 4.69) is 27.6 Å². The molecule has 0 spiro atoms. The number of nitrogens with zero attached hydrogens (tertiary/aromatic N) is 3. The average molecular weight is 274 g/mol. The van der Waals surface area contributed by atoms with Gasteiger partial charge in [-0.1, -0.05) is 30.3 Å². The summed E-state index contributed by atoms with van der Waals surface area (Å²) in [4.78, 5) is 1.62. The maximum absolute atomic E-state index is 5.31. The van der Waals surface area contributed by atoms with E-state index in [1.807, 2.05) is 32.2 Å². The normalized spacial score (nSPS) is 10.9. The summed E-state index contributed by atoms with van der Waals surface area (Å²) in [5.74, 6) is 0. The van der Waals surface area contributed by atoms with Gasteiger partial charge in [0.15, 0.2) is 0 Å². The zero-order valence-corrected chi connectivity index (χ0v) is 12.2. The summed E-state index contributed by atoms with van der Waals surface area (Å²) in [6.07, 6.45) is 1.01. The van der Waals surface area contributed by atoms with Crippen LogP contribution in [0.1, 0.15) is 19.0 Å². The minimum atomic E-state index is 0.726. The number of ether oxygens (including phenoxy) is 1. The largest absolute Gasteiger partial charge is 0.382 e. The van der Waals surface area contributed by atoms with E-state index in [1.165, 1.54) is 0 Å². The van der Waals surface area contributed by atoms with Crippen molar-refractivity contribution in [1.82, 2.24) is 20.3 Å². The van der Waals surface area contributed by atoms with E-state index < -0.39 is 0 Å². The van der Waals surface area contributed by atoms with E-state index in [0.29, 0.717) is 0 Å². The van der Waals surface area contributed by atoms with Crippen molar-refractivity contribution >= 4 is 0 Å². The van der Waals surface area contributed by atoms with Crippen LogP contribution in [-0.4, -0.2) is 34.8 Å². The Balaban J connectivity index is 1.92. The fourth-order valence-corrected chi connectivity index (χ4v) is 2.04. The third-order valence-corrected chi connectivity index (χ3v) is 2.97. The van der Waals surface area contributed by atoms with Crippen LogP contribution in [0.2, 0.25) is 0 Å². The molecule has 0 unspecified atom stereocenters. The number of aromatic nitrogens is 3. The summed E-state index contributed by atoms with van der Waals surface area (Å²) in [5.41, 5.74) is 3.03. The number of hydrogen-bond acceptors (Lipinski definition) is 4. The summed E-state index contributed by atoms with van der Waals surface area (Å²) in [5, 5.41) is 12.3. The number of benzene rings is 1. The molecule has 1 heterocycles. The van der Waals surface area contributed by atoms with E-state index >= 15 is 0 Å². The lowest BCUT2D eigenvalue weighted by Gasteiger charge is -2.04. The first kappa shape index (κ1) is 14.7. The first-order chi connectivity index (χ1) is 9.81. The van der Waals surface area contributed by atoms with Gasteiger partial charge in [-0.25, -0.2) is 0 Å². The lowest BCUT2D eigenvalue weighted by Crippen LogP contribution is -2.17. The average Bonchev–Trinajstić information content (AvgIpc) is 2.85. The summed E-state index contributed by atoms with van der Waals surface area (Å²) in [6, 6.07) is 10.2. The molecule has 0 atom stereocenters. The van der Waals surface area contributed by atoms with Crippen LogP contribution in [0.3, 0.4) is 0 Å². The minimum Gasteiger partial charge on any atom is -0.382 e. The van der Waals surface area contributed by atoms with Gasteiger partial charge in [-0.05, 0) is 19.9 Å². The molecule has 0 aliphatic carbocycles. The second kappa shape index (κ2) is 7.77. The Hall–Kier alpha value is -1.72. The van der Waals surface area contributed by atoms with Gasteiger partial charge in [0.05, 0.1) is 0 Å². The van der Waals surface area contributed by atoms with E-state index in [0.717, 1.165) is 49.7 Å². The molecular weight excluding hydrogens is 252 g/mol. The highest BCUT2D eigenvalue weighted by Crippen LogP contribution is 2.19. The van der Waals surface area contributed by atoms with Crippen molar-refractivity contribution in [3.63, 3.8) is 0 Å². The SMILES string of the molecule is CCOCCCNCc1nn(C)nc1-c1ccccc1. The van der Waals surface area contributed by atoms with Crippen LogP contribution < -0.4 is 5.32 Å². The Kier molecular flexibility index (Phi) is 5.70. The topological polar surface area (TPSA) is 52.0 Å². The molecular formula is C15H22N4O. The van der Waals surface area contributed by atoms with Gasteiger partial charge in [0, 0.05) is 32.4 Å². The maximum Gasteiger partial charge on any atom is 0.117 e. The standard InChI is InChI=1S/C15H22N4O/c1-3-20-11-7-10-16-12-14-15(18-19(2)17-14)13-8-5-4-6-9-13/h4-6,8-9,16H,3,7,10-12H2,1-2H3. The molecule has 0 aliphatic heterocycles. The van der Waals surface area contributed by atoms with Crippen LogP contribution in [0.4, 0.5) is 0 Å². The summed E-state index contributed by atoms with van der Waals surface area (Å²) in [6.45, 7) is 5.24. The van der Waals surface area contributed by atoms with Crippen molar-refractivity contribution in [3.8, 4) is 11.3 Å². The Bertz CT molecular complexity index is 510. The molecule has 20 heavy (non-hydrogen) atoms. The molecule has 0 saturated heterocycles. The molecule has 1 N–H and O–H groups in total. The molecule has 108 valence electrons. The Labute approximate surface area is 120 Å². The fourth-order valence-electron chi connectivity index (χ4n) is 2.04. The fraction of sp³-hybridized carbons (Fsp3) is 0.467. The number of hydrogen-bond donors (Lipinski definition) is 1. The monoisotopic (exact) mass is 274 g/mol. The second-order valence-corrected chi connectivity index (χ2v) is 4.58. The van der Waals surface area contributed by atoms with Gasteiger partial charge in [-0.3, -0.25) is 0 Å². The molecule has 5 nitrogen and oxygen atoms in total. The Morgan fingerprint density at radius 1 is 1.20 bits per heavy atom. The quantitative estimate of drug-likeness (QED) is 0.748. The van der Waals surface area contributed by atoms with Gasteiger partial charge in [-0.2, -0.15) is 15.0 Å².